The maximum atomic E-state index is 13.4. The van der Waals surface area contributed by atoms with Crippen LogP contribution in [0.25, 0.3) is 11.2 Å². The highest BCUT2D eigenvalue weighted by molar-refractivity contribution is 6.42. The number of nitrogens with one attached hydrogen (secondary N) is 1. The number of hydrogen-bond acceptors (Lipinski definition) is 5. The van der Waals surface area contributed by atoms with Gasteiger partial charge in [-0.3, -0.25) is 13.9 Å². The van der Waals surface area contributed by atoms with E-state index >= 15 is 0 Å². The van der Waals surface area contributed by atoms with Crippen molar-refractivity contribution >= 4 is 46.0 Å². The van der Waals surface area contributed by atoms with Gasteiger partial charge in [0.05, 0.1) is 16.6 Å². The van der Waals surface area contributed by atoms with Gasteiger partial charge in [-0.2, -0.15) is 4.98 Å². The molecule has 0 fully saturated rings. The third kappa shape index (κ3) is 4.16. The van der Waals surface area contributed by atoms with Gasteiger partial charge in [-0.05, 0) is 66.1 Å². The fourth-order valence-electron chi connectivity index (χ4n) is 4.87. The fourth-order valence-corrected chi connectivity index (χ4v) is 5.19. The standard InChI is InChI=1S/C25H25Cl2N5O3/c1-30-21-22(29-24(30)28-17-7-6-15-4-5-16(9-10-33)18(15)12-17)31(2)25(35)32(23(21)34)13-14-3-8-19(26)20(27)11-14/h3,6-8,11-12,16,33H,4-5,9-10,13H2,1-2H3,(H,28,29). The molecule has 4 aromatic rings. The Morgan fingerprint density at radius 3 is 2.63 bits per heavy atom. The first-order valence-electron chi connectivity index (χ1n) is 11.4. The predicted octanol–water partition coefficient (Wildman–Crippen LogP) is 3.94. The van der Waals surface area contributed by atoms with Crippen LogP contribution in [0.15, 0.2) is 46.0 Å². The second kappa shape index (κ2) is 9.18. The maximum Gasteiger partial charge on any atom is 0.332 e. The van der Waals surface area contributed by atoms with Crippen LogP contribution in [0.1, 0.15) is 35.4 Å². The van der Waals surface area contributed by atoms with Crippen molar-refractivity contribution in [1.82, 2.24) is 18.7 Å². The Balaban J connectivity index is 1.54. The van der Waals surface area contributed by atoms with Gasteiger partial charge in [0.15, 0.2) is 11.2 Å². The molecule has 2 aromatic heterocycles. The molecule has 182 valence electrons. The zero-order valence-electron chi connectivity index (χ0n) is 19.4. The Morgan fingerprint density at radius 1 is 1.09 bits per heavy atom. The lowest BCUT2D eigenvalue weighted by molar-refractivity contribution is 0.275. The second-order valence-corrected chi connectivity index (χ2v) is 9.75. The van der Waals surface area contributed by atoms with Crippen molar-refractivity contribution in [2.24, 2.45) is 14.1 Å². The molecule has 0 aliphatic heterocycles. The molecule has 1 aliphatic carbocycles. The number of halogens is 2. The van der Waals surface area contributed by atoms with Crippen molar-refractivity contribution in [2.75, 3.05) is 11.9 Å². The first-order valence-corrected chi connectivity index (χ1v) is 12.1. The molecule has 0 spiro atoms. The lowest BCUT2D eigenvalue weighted by Crippen LogP contribution is -2.39. The summed E-state index contributed by atoms with van der Waals surface area (Å²) in [4.78, 5) is 31.0. The van der Waals surface area contributed by atoms with E-state index in [0.29, 0.717) is 38.6 Å². The number of aryl methyl sites for hydroxylation is 3. The molecule has 2 heterocycles. The monoisotopic (exact) mass is 513 g/mol. The van der Waals surface area contributed by atoms with Crippen LogP contribution in [-0.4, -0.2) is 30.4 Å². The van der Waals surface area contributed by atoms with Crippen molar-refractivity contribution in [3.63, 3.8) is 0 Å². The van der Waals surface area contributed by atoms with Gasteiger partial charge in [0, 0.05) is 26.4 Å². The molecule has 10 heteroatoms. The quantitative estimate of drug-likeness (QED) is 0.407. The Bertz CT molecular complexity index is 1570. The van der Waals surface area contributed by atoms with E-state index in [1.54, 1.807) is 36.9 Å². The van der Waals surface area contributed by atoms with E-state index in [-0.39, 0.29) is 13.2 Å². The minimum absolute atomic E-state index is 0.0589. The summed E-state index contributed by atoms with van der Waals surface area (Å²) < 4.78 is 4.21. The number of imidazole rings is 1. The summed E-state index contributed by atoms with van der Waals surface area (Å²) in [6.45, 7) is 0.221. The summed E-state index contributed by atoms with van der Waals surface area (Å²) in [6, 6.07) is 11.2. The van der Waals surface area contributed by atoms with Gasteiger partial charge >= 0.3 is 5.69 Å². The van der Waals surface area contributed by atoms with Crippen molar-refractivity contribution < 1.29 is 5.11 Å². The molecule has 0 saturated heterocycles. The number of rotatable bonds is 6. The molecule has 1 unspecified atom stereocenters. The van der Waals surface area contributed by atoms with E-state index in [0.717, 1.165) is 24.9 Å². The maximum absolute atomic E-state index is 13.4. The largest absolute Gasteiger partial charge is 0.396 e. The zero-order chi connectivity index (χ0) is 24.9. The number of anilines is 2. The van der Waals surface area contributed by atoms with Crippen molar-refractivity contribution in [1.29, 1.82) is 0 Å². The van der Waals surface area contributed by atoms with Gasteiger partial charge in [-0.25, -0.2) is 4.79 Å². The highest BCUT2D eigenvalue weighted by Gasteiger charge is 2.23. The van der Waals surface area contributed by atoms with Gasteiger partial charge in [0.1, 0.15) is 0 Å². The highest BCUT2D eigenvalue weighted by Crippen LogP contribution is 2.37. The SMILES string of the molecule is Cn1c(Nc2ccc3c(c2)C(CCO)CC3)nc2c1c(=O)n(Cc1ccc(Cl)c(Cl)c1)c(=O)n2C. The Kier molecular flexibility index (Phi) is 6.21. The summed E-state index contributed by atoms with van der Waals surface area (Å²) in [6.07, 6.45) is 2.78. The first kappa shape index (κ1) is 23.7. The fraction of sp³-hybridized carbons (Fsp3) is 0.320. The minimum atomic E-state index is -0.470. The average Bonchev–Trinajstić information content (AvgIpc) is 3.39. The molecule has 0 radical (unpaired) electrons. The molecule has 8 nitrogen and oxygen atoms in total. The third-order valence-corrected chi connectivity index (χ3v) is 7.51. The number of hydrogen-bond donors (Lipinski definition) is 2. The Labute approximate surface area is 211 Å². The molecule has 0 amide bonds. The van der Waals surface area contributed by atoms with E-state index in [1.807, 2.05) is 6.07 Å². The second-order valence-electron chi connectivity index (χ2n) is 8.93. The Morgan fingerprint density at radius 2 is 1.89 bits per heavy atom. The molecule has 35 heavy (non-hydrogen) atoms. The number of aromatic nitrogens is 4. The number of aliphatic hydroxyl groups excluding tert-OH is 1. The van der Waals surface area contributed by atoms with Crippen LogP contribution in [0.2, 0.25) is 10.0 Å². The molecule has 5 rings (SSSR count). The normalized spacial score (nSPS) is 15.1. The van der Waals surface area contributed by atoms with Crippen molar-refractivity contribution in [2.45, 2.75) is 31.7 Å². The lowest BCUT2D eigenvalue weighted by Gasteiger charge is -2.12. The van der Waals surface area contributed by atoms with Crippen LogP contribution >= 0.6 is 23.2 Å². The predicted molar refractivity (Wildman–Crippen MR) is 138 cm³/mol. The zero-order valence-corrected chi connectivity index (χ0v) is 20.9. The topological polar surface area (TPSA) is 94.1 Å². The molecule has 2 N–H and O–H groups in total. The molecule has 0 bridgehead atoms. The molecular weight excluding hydrogens is 489 g/mol. The summed E-state index contributed by atoms with van der Waals surface area (Å²) in [7, 11) is 3.34. The van der Waals surface area contributed by atoms with E-state index in [2.05, 4.69) is 22.4 Å². The smallest absolute Gasteiger partial charge is 0.332 e. The summed E-state index contributed by atoms with van der Waals surface area (Å²) >= 11 is 12.1. The molecule has 2 aromatic carbocycles. The number of nitrogens with zero attached hydrogens (tertiary/aromatic N) is 4. The van der Waals surface area contributed by atoms with Gasteiger partial charge in [0.2, 0.25) is 5.95 Å². The molecular formula is C25H25Cl2N5O3. The van der Waals surface area contributed by atoms with Crippen LogP contribution < -0.4 is 16.6 Å². The first-order chi connectivity index (χ1) is 16.8. The molecule has 1 aliphatic rings. The third-order valence-electron chi connectivity index (χ3n) is 6.77. The molecule has 0 saturated carbocycles. The average molecular weight is 514 g/mol. The van der Waals surface area contributed by atoms with E-state index in [1.165, 1.54) is 20.3 Å². The molecule has 1 atom stereocenters. The van der Waals surface area contributed by atoms with Gasteiger partial charge in [0.25, 0.3) is 5.56 Å². The van der Waals surface area contributed by atoms with Crippen LogP contribution in [0, 0.1) is 0 Å². The summed E-state index contributed by atoms with van der Waals surface area (Å²) in [5, 5.41) is 13.5. The highest BCUT2D eigenvalue weighted by atomic mass is 35.5. The van der Waals surface area contributed by atoms with Gasteiger partial charge < -0.3 is 15.0 Å². The number of benzene rings is 2. The van der Waals surface area contributed by atoms with Crippen LogP contribution in [0.5, 0.6) is 0 Å². The van der Waals surface area contributed by atoms with Crippen LogP contribution in [-0.2, 0) is 27.1 Å². The van der Waals surface area contributed by atoms with Crippen LogP contribution in [0.4, 0.5) is 11.6 Å². The summed E-state index contributed by atoms with van der Waals surface area (Å²) in [5.74, 6) is 0.794. The lowest BCUT2D eigenvalue weighted by atomic mass is 9.98. The van der Waals surface area contributed by atoms with E-state index in [4.69, 9.17) is 23.2 Å². The van der Waals surface area contributed by atoms with Crippen molar-refractivity contribution in [3.8, 4) is 0 Å². The van der Waals surface area contributed by atoms with E-state index in [9.17, 15) is 14.7 Å². The van der Waals surface area contributed by atoms with Gasteiger partial charge in [-0.1, -0.05) is 35.3 Å². The van der Waals surface area contributed by atoms with E-state index < -0.39 is 11.2 Å². The van der Waals surface area contributed by atoms with Gasteiger partial charge in [-0.15, -0.1) is 0 Å². The minimum Gasteiger partial charge on any atom is -0.396 e. The number of aliphatic hydroxyl groups is 1. The number of fused-ring (bicyclic) bond motifs is 2. The summed E-state index contributed by atoms with van der Waals surface area (Å²) in [5.41, 5.74) is 3.77. The Hall–Kier alpha value is -3.07. The van der Waals surface area contributed by atoms with Crippen LogP contribution in [0.3, 0.4) is 0 Å². The van der Waals surface area contributed by atoms with Crippen molar-refractivity contribution in [3.05, 3.63) is 84.0 Å².